The number of alkyl halides is 1. The molecule has 10 atom stereocenters. The molecule has 2 saturated heterocycles. The molecule has 2 fully saturated rings. The molecule has 232 valence electrons. The third-order valence-electron chi connectivity index (χ3n) is 5.59. The number of hydrogen-bond donors (Lipinski definition) is 1. The van der Waals surface area contributed by atoms with Gasteiger partial charge in [0.2, 0.25) is 12.4 Å². The van der Waals surface area contributed by atoms with E-state index in [9.17, 15) is 33.9 Å². The Labute approximate surface area is 243 Å². The molecule has 2 rings (SSSR count). The van der Waals surface area contributed by atoms with Crippen LogP contribution in [0.25, 0.3) is 0 Å². The topological polar surface area (TPSA) is 206 Å². The van der Waals surface area contributed by atoms with E-state index < -0.39 is 104 Å². The second-order valence-electron chi connectivity index (χ2n) is 9.04. The summed E-state index contributed by atoms with van der Waals surface area (Å²) in [5, 5.41) is 10.8. The molecule has 0 aliphatic carbocycles. The van der Waals surface area contributed by atoms with E-state index in [2.05, 4.69) is 15.9 Å². The molecule has 2 aliphatic rings. The van der Waals surface area contributed by atoms with Crippen molar-refractivity contribution in [3.8, 4) is 0 Å². The molecule has 17 heteroatoms. The Balaban J connectivity index is 2.61. The van der Waals surface area contributed by atoms with Gasteiger partial charge in [0, 0.05) is 46.9 Å². The quantitative estimate of drug-likeness (QED) is 0.177. The Kier molecular flexibility index (Phi) is 12.9. The Morgan fingerprint density at radius 1 is 0.585 bits per heavy atom. The molecule has 16 nitrogen and oxygen atoms in total. The predicted octanol–water partition coefficient (Wildman–Crippen LogP) is -0.570. The molecule has 0 amide bonds. The monoisotopic (exact) mass is 656 g/mol. The van der Waals surface area contributed by atoms with Crippen molar-refractivity contribution in [1.82, 2.24) is 0 Å². The van der Waals surface area contributed by atoms with E-state index in [-0.39, 0.29) is 5.33 Å². The molecule has 41 heavy (non-hydrogen) atoms. The van der Waals surface area contributed by atoms with E-state index in [0.717, 1.165) is 41.5 Å². The molecule has 0 aromatic carbocycles. The van der Waals surface area contributed by atoms with Crippen LogP contribution in [0.3, 0.4) is 0 Å². The van der Waals surface area contributed by atoms with Crippen LogP contribution in [0.4, 0.5) is 0 Å². The maximum atomic E-state index is 12.2. The van der Waals surface area contributed by atoms with E-state index >= 15 is 0 Å². The van der Waals surface area contributed by atoms with Crippen LogP contribution in [0.1, 0.15) is 41.5 Å². The minimum Gasteiger partial charge on any atom is -0.463 e. The Hall–Kier alpha value is -2.86. The molecule has 0 bridgehead atoms. The zero-order valence-corrected chi connectivity index (χ0v) is 24.7. The van der Waals surface area contributed by atoms with Crippen molar-refractivity contribution in [3.05, 3.63) is 0 Å². The summed E-state index contributed by atoms with van der Waals surface area (Å²) < 4.78 is 49.2. The van der Waals surface area contributed by atoms with Gasteiger partial charge < -0.3 is 47.7 Å². The fourth-order valence-corrected chi connectivity index (χ4v) is 4.74. The normalized spacial score (nSPS) is 33.1. The first-order chi connectivity index (χ1) is 19.1. The maximum absolute atomic E-state index is 12.2. The van der Waals surface area contributed by atoms with Crippen LogP contribution in [0.15, 0.2) is 0 Å². The van der Waals surface area contributed by atoms with Crippen molar-refractivity contribution in [2.45, 2.75) is 103 Å². The number of rotatable bonds is 10. The molecule has 1 N–H and O–H groups in total. The fraction of sp³-hybridized carbons (Fsp3) is 0.750. The van der Waals surface area contributed by atoms with Crippen molar-refractivity contribution >= 4 is 51.7 Å². The van der Waals surface area contributed by atoms with Crippen molar-refractivity contribution in [2.24, 2.45) is 0 Å². The highest BCUT2D eigenvalue weighted by atomic mass is 79.9. The van der Waals surface area contributed by atoms with Crippen LogP contribution >= 0.6 is 15.9 Å². The standard InChI is InChI=1S/C24H33BrO16/c1-9(26)33-8-16-18(20(35-11(3)28)22(37-13(5)30)23(40-16)38-14(6)31)41-24-21(36-12(4)29)19(34-10(2)27)17(32)15(7-25)39-24/h15-24,32H,7-8H2,1-6H3/t15?,16?,17-,18-,19+,20+,21?,22?,23-,24-/m1/s1. The number of aliphatic hydroxyl groups excluding tert-OH is 1. The molecule has 0 spiro atoms. The van der Waals surface area contributed by atoms with E-state index in [4.69, 9.17) is 42.6 Å². The summed E-state index contributed by atoms with van der Waals surface area (Å²) in [7, 11) is 0. The van der Waals surface area contributed by atoms with E-state index in [1.807, 2.05) is 0 Å². The van der Waals surface area contributed by atoms with Crippen LogP contribution in [0.5, 0.6) is 0 Å². The number of carbonyl (C=O) groups is 6. The Morgan fingerprint density at radius 3 is 1.49 bits per heavy atom. The van der Waals surface area contributed by atoms with Gasteiger partial charge in [0.25, 0.3) is 0 Å². The van der Waals surface area contributed by atoms with Crippen molar-refractivity contribution < 1.29 is 76.5 Å². The average molecular weight is 657 g/mol. The zero-order valence-electron chi connectivity index (χ0n) is 23.1. The first-order valence-corrected chi connectivity index (χ1v) is 13.5. The predicted molar refractivity (Wildman–Crippen MR) is 133 cm³/mol. The van der Waals surface area contributed by atoms with Crippen LogP contribution in [0, 0.1) is 0 Å². The summed E-state index contributed by atoms with van der Waals surface area (Å²) in [5.74, 6) is -4.98. The highest BCUT2D eigenvalue weighted by Crippen LogP contribution is 2.34. The summed E-state index contributed by atoms with van der Waals surface area (Å²) >= 11 is 3.19. The second-order valence-corrected chi connectivity index (χ2v) is 9.69. The SMILES string of the molecule is CC(=O)OCC1O[C@@H](OC(C)=O)C(OC(C)=O)[C@@H](OC(C)=O)[C@@H]1O[C@H]1OC(CBr)[C@@H](O)[C@H](OC(C)=O)C1OC(C)=O. The van der Waals surface area contributed by atoms with Crippen LogP contribution in [-0.2, 0) is 71.4 Å². The Morgan fingerprint density at radius 2 is 1.02 bits per heavy atom. The number of ether oxygens (including phenoxy) is 9. The van der Waals surface area contributed by atoms with Gasteiger partial charge in [-0.05, 0) is 0 Å². The number of halogens is 1. The van der Waals surface area contributed by atoms with Crippen molar-refractivity contribution in [3.63, 3.8) is 0 Å². The van der Waals surface area contributed by atoms with Gasteiger partial charge in [-0.2, -0.15) is 0 Å². The van der Waals surface area contributed by atoms with Crippen molar-refractivity contribution in [2.75, 3.05) is 11.9 Å². The molecule has 0 radical (unpaired) electrons. The van der Waals surface area contributed by atoms with E-state index in [1.54, 1.807) is 0 Å². The summed E-state index contributed by atoms with van der Waals surface area (Å²) in [6.45, 7) is 5.85. The molecular formula is C24H33BrO16. The second kappa shape index (κ2) is 15.4. The lowest BCUT2D eigenvalue weighted by molar-refractivity contribution is -0.354. The van der Waals surface area contributed by atoms with Crippen molar-refractivity contribution in [1.29, 1.82) is 0 Å². The molecule has 2 aliphatic heterocycles. The number of carbonyl (C=O) groups excluding carboxylic acids is 6. The largest absolute Gasteiger partial charge is 0.463 e. The lowest BCUT2D eigenvalue weighted by Gasteiger charge is -2.48. The number of esters is 6. The van der Waals surface area contributed by atoms with Gasteiger partial charge in [-0.1, -0.05) is 15.9 Å². The smallest absolute Gasteiger partial charge is 0.305 e. The van der Waals surface area contributed by atoms with Gasteiger partial charge in [0.1, 0.15) is 31.0 Å². The zero-order chi connectivity index (χ0) is 31.0. The minimum absolute atomic E-state index is 0.00853. The molecule has 2 heterocycles. The maximum Gasteiger partial charge on any atom is 0.305 e. The van der Waals surface area contributed by atoms with E-state index in [1.165, 1.54) is 0 Å². The van der Waals surface area contributed by atoms with Crippen LogP contribution < -0.4 is 0 Å². The van der Waals surface area contributed by atoms with Crippen LogP contribution in [0.2, 0.25) is 0 Å². The fourth-order valence-electron chi connectivity index (χ4n) is 4.20. The van der Waals surface area contributed by atoms with Crippen LogP contribution in [-0.4, -0.2) is 114 Å². The van der Waals surface area contributed by atoms with Gasteiger partial charge in [-0.15, -0.1) is 0 Å². The van der Waals surface area contributed by atoms with E-state index in [0.29, 0.717) is 0 Å². The molecule has 4 unspecified atom stereocenters. The summed E-state index contributed by atoms with van der Waals surface area (Å²) in [4.78, 5) is 71.4. The summed E-state index contributed by atoms with van der Waals surface area (Å²) in [6.07, 6.45) is -14.9. The minimum atomic E-state index is -1.64. The Bertz CT molecular complexity index is 987. The highest BCUT2D eigenvalue weighted by molar-refractivity contribution is 9.09. The average Bonchev–Trinajstić information content (AvgIpc) is 2.83. The van der Waals surface area contributed by atoms with Gasteiger partial charge >= 0.3 is 35.8 Å². The third-order valence-corrected chi connectivity index (χ3v) is 6.23. The lowest BCUT2D eigenvalue weighted by atomic mass is 9.96. The molecular weight excluding hydrogens is 624 g/mol. The van der Waals surface area contributed by atoms with Gasteiger partial charge in [0.15, 0.2) is 24.6 Å². The third kappa shape index (κ3) is 9.88. The molecule has 0 aromatic heterocycles. The highest BCUT2D eigenvalue weighted by Gasteiger charge is 2.56. The van der Waals surface area contributed by atoms with Gasteiger partial charge in [0.05, 0.1) is 0 Å². The van der Waals surface area contributed by atoms with Gasteiger partial charge in [-0.25, -0.2) is 0 Å². The summed E-state index contributed by atoms with van der Waals surface area (Å²) in [5.41, 5.74) is 0. The summed E-state index contributed by atoms with van der Waals surface area (Å²) in [6, 6.07) is 0. The molecule has 0 aromatic rings. The number of aliphatic hydroxyl groups is 1. The molecule has 0 saturated carbocycles. The number of hydrogen-bond acceptors (Lipinski definition) is 16. The van der Waals surface area contributed by atoms with Gasteiger partial charge in [-0.3, -0.25) is 28.8 Å². The first-order valence-electron chi connectivity index (χ1n) is 12.3. The lowest BCUT2D eigenvalue weighted by Crippen LogP contribution is -2.66. The first kappa shape index (κ1) is 34.3.